The minimum Gasteiger partial charge on any atom is -0.183 e. The van der Waals surface area contributed by atoms with Gasteiger partial charge in [0.15, 0.2) is 0 Å². The van der Waals surface area contributed by atoms with Crippen molar-refractivity contribution in [1.29, 1.82) is 0 Å². The molecular weight excluding hydrogens is 196 g/mol. The van der Waals surface area contributed by atoms with Gasteiger partial charge in [0.05, 0.1) is 0 Å². The molecule has 0 atom stereocenters. The van der Waals surface area contributed by atoms with Gasteiger partial charge in [-0.1, -0.05) is 44.2 Å². The Morgan fingerprint density at radius 1 is 1.17 bits per heavy atom. The molecule has 0 aromatic heterocycles. The molecule has 0 saturated carbocycles. The highest BCUT2D eigenvalue weighted by Gasteiger charge is 1.95. The number of halogens is 1. The van der Waals surface area contributed by atoms with E-state index in [1.165, 1.54) is 19.3 Å². The van der Waals surface area contributed by atoms with Gasteiger partial charge in [-0.15, -0.1) is 0 Å². The number of hydrogen-bond donors (Lipinski definition) is 0. The molecule has 0 aliphatic carbocycles. The molecule has 0 amide bonds. The molecular formula is C8H15ClO2S. The van der Waals surface area contributed by atoms with E-state index in [0.29, 0.717) is 6.42 Å². The van der Waals surface area contributed by atoms with Crippen LogP contribution in [0.3, 0.4) is 0 Å². The lowest BCUT2D eigenvalue weighted by Crippen LogP contribution is -1.89. The second-order valence-electron chi connectivity index (χ2n) is 2.75. The van der Waals surface area contributed by atoms with Crippen LogP contribution in [0.2, 0.25) is 0 Å². The van der Waals surface area contributed by atoms with Crippen molar-refractivity contribution in [2.45, 2.75) is 45.4 Å². The Labute approximate surface area is 80.5 Å². The molecule has 0 radical (unpaired) electrons. The van der Waals surface area contributed by atoms with Crippen LogP contribution in [-0.2, 0) is 10.3 Å². The summed E-state index contributed by atoms with van der Waals surface area (Å²) in [6.07, 6.45) is 6.05. The Bertz CT molecular complexity index is 223. The quantitative estimate of drug-likeness (QED) is 0.384. The van der Waals surface area contributed by atoms with Crippen molar-refractivity contribution in [3.8, 4) is 0 Å². The molecule has 2 nitrogen and oxygen atoms in total. The maximum atomic E-state index is 10.3. The molecule has 0 fully saturated rings. The highest BCUT2D eigenvalue weighted by atomic mass is 35.5. The summed E-state index contributed by atoms with van der Waals surface area (Å²) in [6, 6.07) is 0. The minimum atomic E-state index is -2.19. The van der Waals surface area contributed by atoms with Crippen LogP contribution >= 0.6 is 11.6 Å². The predicted octanol–water partition coefficient (Wildman–Crippen LogP) is 2.59. The Balaban J connectivity index is 3.39. The summed E-state index contributed by atoms with van der Waals surface area (Å²) in [5.74, 6) is 0. The molecule has 0 N–H and O–H groups in total. The summed E-state index contributed by atoms with van der Waals surface area (Å²) < 4.78 is 20.6. The molecule has 0 saturated heterocycles. The van der Waals surface area contributed by atoms with Gasteiger partial charge in [-0.2, -0.15) is 8.42 Å². The molecule has 0 heterocycles. The zero-order valence-corrected chi connectivity index (χ0v) is 8.92. The van der Waals surface area contributed by atoms with E-state index in [2.05, 4.69) is 6.92 Å². The fourth-order valence-corrected chi connectivity index (χ4v) is 1.40. The number of hydrogen-bond acceptors (Lipinski definition) is 2. The molecule has 72 valence electrons. The van der Waals surface area contributed by atoms with E-state index in [4.69, 9.17) is 11.6 Å². The van der Waals surface area contributed by atoms with Crippen molar-refractivity contribution in [2.24, 2.45) is 0 Å². The SMILES string of the molecule is CCCCCCCC(Cl)=S(=O)=O. The smallest absolute Gasteiger partial charge is 0.183 e. The van der Waals surface area contributed by atoms with Gasteiger partial charge in [-0.05, 0) is 12.8 Å². The Morgan fingerprint density at radius 3 is 2.25 bits per heavy atom. The highest BCUT2D eigenvalue weighted by Crippen LogP contribution is 2.06. The van der Waals surface area contributed by atoms with E-state index in [9.17, 15) is 8.42 Å². The summed E-state index contributed by atoms with van der Waals surface area (Å²) in [5, 5.41) is 0. The van der Waals surface area contributed by atoms with Crippen LogP contribution in [0.5, 0.6) is 0 Å². The largest absolute Gasteiger partial charge is 0.228 e. The monoisotopic (exact) mass is 210 g/mol. The van der Waals surface area contributed by atoms with Crippen molar-refractivity contribution in [3.63, 3.8) is 0 Å². The predicted molar refractivity (Wildman–Crippen MR) is 53.2 cm³/mol. The van der Waals surface area contributed by atoms with Gasteiger partial charge in [-0.25, -0.2) is 0 Å². The fraction of sp³-hybridized carbons (Fsp3) is 0.875. The first-order valence-corrected chi connectivity index (χ1v) is 5.74. The molecule has 12 heavy (non-hydrogen) atoms. The van der Waals surface area contributed by atoms with Crippen LogP contribution in [0.1, 0.15) is 45.4 Å². The number of rotatable bonds is 6. The van der Waals surface area contributed by atoms with Gasteiger partial charge in [0, 0.05) is 0 Å². The summed E-state index contributed by atoms with van der Waals surface area (Å²) >= 11 is 5.43. The van der Waals surface area contributed by atoms with Crippen LogP contribution in [0.4, 0.5) is 0 Å². The minimum absolute atomic E-state index is 0.0616. The molecule has 0 aromatic rings. The lowest BCUT2D eigenvalue weighted by molar-refractivity contribution is 0.625. The van der Waals surface area contributed by atoms with Crippen molar-refractivity contribution >= 4 is 26.2 Å². The molecule has 0 aromatic carbocycles. The van der Waals surface area contributed by atoms with Gasteiger partial charge >= 0.3 is 0 Å². The molecule has 0 rings (SSSR count). The lowest BCUT2D eigenvalue weighted by atomic mass is 10.1. The molecule has 0 aliphatic rings. The van der Waals surface area contributed by atoms with Crippen LogP contribution in [0.15, 0.2) is 0 Å². The third kappa shape index (κ3) is 6.68. The molecule has 0 aliphatic heterocycles. The molecule has 0 spiro atoms. The molecule has 0 unspecified atom stereocenters. The van der Waals surface area contributed by atoms with E-state index >= 15 is 0 Å². The van der Waals surface area contributed by atoms with Gasteiger partial charge in [0.25, 0.3) is 0 Å². The van der Waals surface area contributed by atoms with Crippen molar-refractivity contribution < 1.29 is 8.42 Å². The third-order valence-electron chi connectivity index (χ3n) is 1.66. The zero-order valence-electron chi connectivity index (χ0n) is 7.35. The van der Waals surface area contributed by atoms with Crippen molar-refractivity contribution in [3.05, 3.63) is 0 Å². The van der Waals surface area contributed by atoms with Gasteiger partial charge in [0.2, 0.25) is 10.3 Å². The average Bonchev–Trinajstić information content (AvgIpc) is 2.03. The Hall–Kier alpha value is -0.0200. The van der Waals surface area contributed by atoms with Gasteiger partial charge in [0.1, 0.15) is 4.32 Å². The summed E-state index contributed by atoms with van der Waals surface area (Å²) in [4.78, 5) is 0. The summed E-state index contributed by atoms with van der Waals surface area (Å²) in [5.41, 5.74) is 0. The fourth-order valence-electron chi connectivity index (χ4n) is 0.951. The Morgan fingerprint density at radius 2 is 1.75 bits per heavy atom. The zero-order chi connectivity index (χ0) is 9.40. The van der Waals surface area contributed by atoms with Crippen LogP contribution in [0.25, 0.3) is 0 Å². The molecule has 4 heteroatoms. The van der Waals surface area contributed by atoms with Crippen LogP contribution in [-0.4, -0.2) is 12.7 Å². The Kier molecular flexibility index (Phi) is 7.61. The van der Waals surface area contributed by atoms with E-state index < -0.39 is 10.3 Å². The first-order chi connectivity index (χ1) is 5.68. The lowest BCUT2D eigenvalue weighted by Gasteiger charge is -1.96. The first kappa shape index (κ1) is 12.0. The first-order valence-electron chi connectivity index (χ1n) is 4.29. The van der Waals surface area contributed by atoms with E-state index in [-0.39, 0.29) is 4.32 Å². The second-order valence-corrected chi connectivity index (χ2v) is 4.40. The summed E-state index contributed by atoms with van der Waals surface area (Å²) in [6.45, 7) is 2.14. The second kappa shape index (κ2) is 7.62. The maximum Gasteiger partial charge on any atom is 0.228 e. The standard InChI is InChI=1S/C8H15ClO2S/c1-2-3-4-5-6-7-8(9)12(10)11/h2-7H2,1H3. The third-order valence-corrected chi connectivity index (χ3v) is 2.79. The molecule has 0 bridgehead atoms. The van der Waals surface area contributed by atoms with Crippen molar-refractivity contribution in [2.75, 3.05) is 0 Å². The maximum absolute atomic E-state index is 10.3. The van der Waals surface area contributed by atoms with Gasteiger partial charge < -0.3 is 0 Å². The van der Waals surface area contributed by atoms with Gasteiger partial charge in [-0.3, -0.25) is 0 Å². The average molecular weight is 211 g/mol. The topological polar surface area (TPSA) is 34.1 Å². The van der Waals surface area contributed by atoms with E-state index in [1.807, 2.05) is 0 Å². The van der Waals surface area contributed by atoms with E-state index in [1.54, 1.807) is 0 Å². The normalized spacial score (nSPS) is 9.83. The summed E-state index contributed by atoms with van der Waals surface area (Å²) in [7, 11) is -2.19. The van der Waals surface area contributed by atoms with E-state index in [0.717, 1.165) is 12.8 Å². The van der Waals surface area contributed by atoms with Crippen molar-refractivity contribution in [1.82, 2.24) is 0 Å². The van der Waals surface area contributed by atoms with Crippen LogP contribution < -0.4 is 0 Å². The number of unbranched alkanes of at least 4 members (excludes halogenated alkanes) is 4. The highest BCUT2D eigenvalue weighted by molar-refractivity contribution is 7.76. The van der Waals surface area contributed by atoms with Crippen LogP contribution in [0, 0.1) is 0 Å².